The van der Waals surface area contributed by atoms with E-state index in [1.54, 1.807) is 37.1 Å². The van der Waals surface area contributed by atoms with Gasteiger partial charge >= 0.3 is 5.97 Å². The highest BCUT2D eigenvalue weighted by atomic mass is 35.5. The SMILES string of the molecule is CCOC(=O)[C@H]1C(=O)N(CCCOC)c2nc3ccccc3n2[C@H]1c1ccc(Cl)cc1Cl. The summed E-state index contributed by atoms with van der Waals surface area (Å²) >= 11 is 12.7. The summed E-state index contributed by atoms with van der Waals surface area (Å²) in [7, 11) is 1.60. The van der Waals surface area contributed by atoms with Crippen molar-refractivity contribution in [2.75, 3.05) is 31.8 Å². The number of carbonyl (C=O) groups is 2. The molecular weight excluding hydrogens is 453 g/mol. The van der Waals surface area contributed by atoms with Crippen LogP contribution in [0.4, 0.5) is 5.95 Å². The van der Waals surface area contributed by atoms with Gasteiger partial charge in [0.05, 0.1) is 23.7 Å². The van der Waals surface area contributed by atoms with Crippen molar-refractivity contribution in [3.63, 3.8) is 0 Å². The maximum atomic E-state index is 13.7. The third-order valence-electron chi connectivity index (χ3n) is 5.50. The second-order valence-electron chi connectivity index (χ2n) is 7.45. The fourth-order valence-electron chi connectivity index (χ4n) is 4.15. The first kappa shape index (κ1) is 22.6. The number of benzene rings is 2. The summed E-state index contributed by atoms with van der Waals surface area (Å²) in [5, 5.41) is 0.826. The zero-order valence-corrected chi connectivity index (χ0v) is 19.3. The fraction of sp³-hybridized carbons (Fsp3) is 0.348. The molecule has 0 saturated heterocycles. The molecule has 2 heterocycles. The molecule has 7 nitrogen and oxygen atoms in total. The number of aromatic nitrogens is 2. The van der Waals surface area contributed by atoms with Gasteiger partial charge in [0, 0.05) is 30.3 Å². The number of halogens is 2. The number of ether oxygens (including phenoxy) is 2. The third kappa shape index (κ3) is 3.96. The Labute approximate surface area is 195 Å². The summed E-state index contributed by atoms with van der Waals surface area (Å²) in [6, 6.07) is 11.9. The van der Waals surface area contributed by atoms with Gasteiger partial charge in [0.25, 0.3) is 0 Å². The molecule has 0 spiro atoms. The highest BCUT2D eigenvalue weighted by Crippen LogP contribution is 2.43. The Balaban J connectivity index is 1.97. The molecule has 0 N–H and O–H groups in total. The van der Waals surface area contributed by atoms with E-state index in [2.05, 4.69) is 0 Å². The average molecular weight is 476 g/mol. The Morgan fingerprint density at radius 2 is 1.97 bits per heavy atom. The van der Waals surface area contributed by atoms with Gasteiger partial charge < -0.3 is 14.0 Å². The molecule has 2 atom stereocenters. The monoisotopic (exact) mass is 475 g/mol. The number of para-hydroxylation sites is 2. The van der Waals surface area contributed by atoms with Crippen molar-refractivity contribution in [2.45, 2.75) is 19.4 Å². The minimum atomic E-state index is -1.12. The molecule has 0 fully saturated rings. The number of amides is 1. The molecule has 2 aromatic carbocycles. The highest BCUT2D eigenvalue weighted by Gasteiger charge is 2.48. The van der Waals surface area contributed by atoms with E-state index < -0.39 is 17.9 Å². The van der Waals surface area contributed by atoms with Crippen LogP contribution in [-0.4, -0.2) is 48.3 Å². The van der Waals surface area contributed by atoms with E-state index in [1.807, 2.05) is 28.8 Å². The largest absolute Gasteiger partial charge is 0.465 e. The normalized spacial score (nSPS) is 18.1. The first-order valence-corrected chi connectivity index (χ1v) is 11.1. The van der Waals surface area contributed by atoms with Crippen LogP contribution < -0.4 is 4.90 Å². The summed E-state index contributed by atoms with van der Waals surface area (Å²) in [4.78, 5) is 33.1. The van der Waals surface area contributed by atoms with Crippen molar-refractivity contribution in [3.05, 3.63) is 58.1 Å². The molecule has 0 radical (unpaired) electrons. The number of methoxy groups -OCH3 is 1. The Kier molecular flexibility index (Phi) is 6.69. The molecule has 1 aliphatic rings. The van der Waals surface area contributed by atoms with Crippen molar-refractivity contribution in [3.8, 4) is 0 Å². The standard InChI is InChI=1S/C23H23Cl2N3O4/c1-3-32-22(30)19-20(15-10-9-14(24)13-16(15)25)28-18-8-5-4-7-17(18)26-23(28)27(21(19)29)11-6-12-31-2/h4-5,7-10,13,19-20H,3,6,11-12H2,1-2H3/t19-,20+/m1/s1. The highest BCUT2D eigenvalue weighted by molar-refractivity contribution is 6.35. The number of imidazole rings is 1. The zero-order valence-electron chi connectivity index (χ0n) is 17.8. The first-order valence-electron chi connectivity index (χ1n) is 10.4. The average Bonchev–Trinajstić information content (AvgIpc) is 3.14. The Bertz CT molecular complexity index is 1160. The third-order valence-corrected chi connectivity index (χ3v) is 6.06. The van der Waals surface area contributed by atoms with Crippen molar-refractivity contribution in [1.29, 1.82) is 0 Å². The van der Waals surface area contributed by atoms with E-state index in [4.69, 9.17) is 37.7 Å². The van der Waals surface area contributed by atoms with Crippen LogP contribution in [0.25, 0.3) is 11.0 Å². The lowest BCUT2D eigenvalue weighted by atomic mass is 9.89. The van der Waals surface area contributed by atoms with Crippen molar-refractivity contribution >= 4 is 52.1 Å². The van der Waals surface area contributed by atoms with Crippen LogP contribution in [0.1, 0.15) is 24.9 Å². The van der Waals surface area contributed by atoms with Gasteiger partial charge in [-0.2, -0.15) is 0 Å². The number of rotatable bonds is 7. The summed E-state index contributed by atoms with van der Waals surface area (Å²) in [6.07, 6.45) is 0.591. The van der Waals surface area contributed by atoms with E-state index >= 15 is 0 Å². The van der Waals surface area contributed by atoms with Crippen LogP contribution >= 0.6 is 23.2 Å². The predicted octanol–water partition coefficient (Wildman–Crippen LogP) is 4.49. The van der Waals surface area contributed by atoms with Crippen LogP contribution in [0.3, 0.4) is 0 Å². The molecule has 1 amide bonds. The van der Waals surface area contributed by atoms with Gasteiger partial charge in [-0.05, 0) is 43.2 Å². The second-order valence-corrected chi connectivity index (χ2v) is 8.29. The molecule has 9 heteroatoms. The van der Waals surface area contributed by atoms with Gasteiger partial charge in [0.15, 0.2) is 5.92 Å². The van der Waals surface area contributed by atoms with Crippen LogP contribution in [0.15, 0.2) is 42.5 Å². The van der Waals surface area contributed by atoms with Crippen molar-refractivity contribution in [1.82, 2.24) is 9.55 Å². The van der Waals surface area contributed by atoms with Crippen molar-refractivity contribution < 1.29 is 19.1 Å². The molecule has 0 bridgehead atoms. The number of carbonyl (C=O) groups excluding carboxylic acids is 2. The molecule has 32 heavy (non-hydrogen) atoms. The number of hydrogen-bond acceptors (Lipinski definition) is 5. The minimum Gasteiger partial charge on any atom is -0.465 e. The van der Waals surface area contributed by atoms with Gasteiger partial charge in [0.1, 0.15) is 0 Å². The van der Waals surface area contributed by atoms with Crippen molar-refractivity contribution in [2.24, 2.45) is 5.92 Å². The molecular formula is C23H23Cl2N3O4. The van der Waals surface area contributed by atoms with Gasteiger partial charge in [-0.25, -0.2) is 4.98 Å². The van der Waals surface area contributed by atoms with Gasteiger partial charge in [-0.3, -0.25) is 14.5 Å². The minimum absolute atomic E-state index is 0.158. The zero-order chi connectivity index (χ0) is 22.8. The van der Waals surface area contributed by atoms with E-state index in [0.717, 1.165) is 5.52 Å². The second kappa shape index (κ2) is 9.48. The molecule has 3 aromatic rings. The number of esters is 1. The molecule has 0 saturated carbocycles. The quantitative estimate of drug-likeness (QED) is 0.285. The maximum absolute atomic E-state index is 13.7. The molecule has 1 aromatic heterocycles. The van der Waals surface area contributed by atoms with Crippen LogP contribution in [0.5, 0.6) is 0 Å². The van der Waals surface area contributed by atoms with Gasteiger partial charge in [-0.1, -0.05) is 41.4 Å². The van der Waals surface area contributed by atoms with E-state index in [1.165, 1.54) is 0 Å². The Hall–Kier alpha value is -2.61. The lowest BCUT2D eigenvalue weighted by Crippen LogP contribution is -2.50. The lowest BCUT2D eigenvalue weighted by molar-refractivity contribution is -0.153. The molecule has 168 valence electrons. The fourth-order valence-corrected chi connectivity index (χ4v) is 4.67. The molecule has 0 unspecified atom stereocenters. The van der Waals surface area contributed by atoms with E-state index in [0.29, 0.717) is 46.6 Å². The Morgan fingerprint density at radius 1 is 1.19 bits per heavy atom. The smallest absolute Gasteiger partial charge is 0.321 e. The van der Waals surface area contributed by atoms with Crippen LogP contribution in [0.2, 0.25) is 10.0 Å². The Morgan fingerprint density at radius 3 is 2.69 bits per heavy atom. The number of fused-ring (bicyclic) bond motifs is 3. The van der Waals surface area contributed by atoms with Crippen LogP contribution in [-0.2, 0) is 19.1 Å². The summed E-state index contributed by atoms with van der Waals surface area (Å²) < 4.78 is 12.4. The molecule has 4 rings (SSSR count). The van der Waals surface area contributed by atoms with E-state index in [9.17, 15) is 9.59 Å². The van der Waals surface area contributed by atoms with E-state index in [-0.39, 0.29) is 12.5 Å². The molecule has 0 aliphatic carbocycles. The topological polar surface area (TPSA) is 73.7 Å². The summed E-state index contributed by atoms with van der Waals surface area (Å²) in [5.74, 6) is -1.64. The summed E-state index contributed by atoms with van der Waals surface area (Å²) in [5.41, 5.74) is 2.10. The maximum Gasteiger partial charge on any atom is 0.321 e. The number of hydrogen-bond donors (Lipinski definition) is 0. The lowest BCUT2D eigenvalue weighted by Gasteiger charge is -2.38. The predicted molar refractivity (Wildman–Crippen MR) is 123 cm³/mol. The van der Waals surface area contributed by atoms with Gasteiger partial charge in [-0.15, -0.1) is 0 Å². The van der Waals surface area contributed by atoms with Crippen LogP contribution in [0, 0.1) is 5.92 Å². The summed E-state index contributed by atoms with van der Waals surface area (Å²) in [6.45, 7) is 2.70. The number of nitrogens with zero attached hydrogens (tertiary/aromatic N) is 3. The number of anilines is 1. The first-order chi connectivity index (χ1) is 15.5. The van der Waals surface area contributed by atoms with Gasteiger partial charge in [0.2, 0.25) is 11.9 Å². The molecule has 1 aliphatic heterocycles.